The van der Waals surface area contributed by atoms with E-state index in [2.05, 4.69) is 0 Å². The number of fused-ring (bicyclic) bond motifs is 1. The Bertz CT molecular complexity index is 401. The Morgan fingerprint density at radius 1 is 1.44 bits per heavy atom. The molecule has 1 saturated heterocycles. The van der Waals surface area contributed by atoms with Gasteiger partial charge >= 0.3 is 6.18 Å². The van der Waals surface area contributed by atoms with Crippen LogP contribution in [0.3, 0.4) is 0 Å². The van der Waals surface area contributed by atoms with Crippen LogP contribution in [0.15, 0.2) is 11.8 Å². The summed E-state index contributed by atoms with van der Waals surface area (Å²) in [7, 11) is 0. The maximum atomic E-state index is 12.6. The molecule has 2 N–H and O–H groups in total. The molecule has 1 fully saturated rings. The smallest absolute Gasteiger partial charge is 0.372 e. The molecule has 0 bridgehead atoms. The third-order valence-corrected chi connectivity index (χ3v) is 2.84. The first kappa shape index (κ1) is 11.1. The molecule has 2 rings (SSSR count). The van der Waals surface area contributed by atoms with Crippen LogP contribution in [0.4, 0.5) is 13.2 Å². The molecule has 16 heavy (non-hydrogen) atoms. The highest BCUT2D eigenvalue weighted by molar-refractivity contribution is 6.01. The molecule has 4 nitrogen and oxygen atoms in total. The number of nitrogens with one attached hydrogen (secondary N) is 1. The molecule has 1 amide bonds. The fourth-order valence-corrected chi connectivity index (χ4v) is 2.04. The molecular weight excluding hydrogens is 227 g/mol. The van der Waals surface area contributed by atoms with Crippen molar-refractivity contribution in [1.82, 2.24) is 5.32 Å². The summed E-state index contributed by atoms with van der Waals surface area (Å²) < 4.78 is 37.9. The van der Waals surface area contributed by atoms with Gasteiger partial charge in [0.05, 0.1) is 0 Å². The van der Waals surface area contributed by atoms with E-state index in [0.29, 0.717) is 0 Å². The molecule has 0 aromatic carbocycles. The molecule has 2 unspecified atom stereocenters. The molecule has 0 aromatic rings. The van der Waals surface area contributed by atoms with E-state index in [1.165, 1.54) is 6.08 Å². The van der Waals surface area contributed by atoms with Crippen LogP contribution in [0.5, 0.6) is 0 Å². The fourth-order valence-electron chi connectivity index (χ4n) is 2.04. The molecule has 0 aromatic heterocycles. The summed E-state index contributed by atoms with van der Waals surface area (Å²) in [5.74, 6) is -4.17. The van der Waals surface area contributed by atoms with Gasteiger partial charge in [-0.2, -0.15) is 13.2 Å². The summed E-state index contributed by atoms with van der Waals surface area (Å²) >= 11 is 0. The van der Waals surface area contributed by atoms with Gasteiger partial charge in [0.2, 0.25) is 0 Å². The van der Waals surface area contributed by atoms with Crippen molar-refractivity contribution in [1.29, 1.82) is 0 Å². The number of aliphatic hydroxyl groups is 1. The summed E-state index contributed by atoms with van der Waals surface area (Å²) in [6, 6.07) is 0. The zero-order chi connectivity index (χ0) is 12.1. The van der Waals surface area contributed by atoms with Crippen LogP contribution in [0, 0.1) is 5.92 Å². The highest BCUT2D eigenvalue weighted by Gasteiger charge is 2.70. The standard InChI is InChI=1S/C9H8F3NO3/c10-9(11,12)8(16)6-4(13-7(8)15)2-1-3-5(6)14/h2,6,16H,1,3H2,(H,13,15). The van der Waals surface area contributed by atoms with E-state index in [0.717, 1.165) is 0 Å². The van der Waals surface area contributed by atoms with Crippen molar-refractivity contribution in [2.24, 2.45) is 5.92 Å². The Morgan fingerprint density at radius 2 is 2.06 bits per heavy atom. The summed E-state index contributed by atoms with van der Waals surface area (Å²) in [6.45, 7) is 0. The van der Waals surface area contributed by atoms with Crippen molar-refractivity contribution in [3.8, 4) is 0 Å². The van der Waals surface area contributed by atoms with Crippen molar-refractivity contribution < 1.29 is 27.9 Å². The summed E-state index contributed by atoms with van der Waals surface area (Å²) in [5.41, 5.74) is -3.75. The van der Waals surface area contributed by atoms with Gasteiger partial charge < -0.3 is 10.4 Å². The quantitative estimate of drug-likeness (QED) is 0.633. The lowest BCUT2D eigenvalue weighted by molar-refractivity contribution is -0.256. The zero-order valence-electron chi connectivity index (χ0n) is 7.97. The second kappa shape index (κ2) is 3.07. The third kappa shape index (κ3) is 1.21. The number of carbonyl (C=O) groups is 2. The highest BCUT2D eigenvalue weighted by atomic mass is 19.4. The summed E-state index contributed by atoms with van der Waals surface area (Å²) in [6.07, 6.45) is -3.64. The molecule has 0 radical (unpaired) electrons. The second-order valence-electron chi connectivity index (χ2n) is 3.82. The van der Waals surface area contributed by atoms with Gasteiger partial charge in [-0.25, -0.2) is 0 Å². The molecule has 0 saturated carbocycles. The SMILES string of the molecule is O=C1CCC=C2NC(=O)C(O)(C(F)(F)F)C12. The average molecular weight is 235 g/mol. The minimum Gasteiger partial charge on any atom is -0.372 e. The molecule has 1 aliphatic heterocycles. The number of hydrogen-bond donors (Lipinski definition) is 2. The van der Waals surface area contributed by atoms with Crippen LogP contribution in [-0.4, -0.2) is 28.6 Å². The normalized spacial score (nSPS) is 34.5. The molecule has 1 aliphatic carbocycles. The number of Topliss-reactive ketones (excluding diaryl/α,β-unsaturated/α-hetero) is 1. The average Bonchev–Trinajstić information content (AvgIpc) is 2.40. The van der Waals surface area contributed by atoms with Crippen LogP contribution in [-0.2, 0) is 9.59 Å². The monoisotopic (exact) mass is 235 g/mol. The lowest BCUT2D eigenvalue weighted by Gasteiger charge is -2.29. The maximum absolute atomic E-state index is 12.6. The number of rotatable bonds is 0. The number of halogens is 3. The fraction of sp³-hybridized carbons (Fsp3) is 0.556. The Hall–Kier alpha value is -1.37. The maximum Gasteiger partial charge on any atom is 0.427 e. The van der Waals surface area contributed by atoms with Crippen molar-refractivity contribution in [2.45, 2.75) is 24.6 Å². The van der Waals surface area contributed by atoms with Crippen molar-refractivity contribution in [2.75, 3.05) is 0 Å². The van der Waals surface area contributed by atoms with Gasteiger partial charge in [0.15, 0.2) is 0 Å². The van der Waals surface area contributed by atoms with Crippen LogP contribution in [0.2, 0.25) is 0 Å². The number of amides is 1. The summed E-state index contributed by atoms with van der Waals surface area (Å²) in [5, 5.41) is 11.4. The van der Waals surface area contributed by atoms with E-state index in [9.17, 15) is 27.9 Å². The van der Waals surface area contributed by atoms with E-state index >= 15 is 0 Å². The van der Waals surface area contributed by atoms with Crippen molar-refractivity contribution in [3.63, 3.8) is 0 Å². The third-order valence-electron chi connectivity index (χ3n) is 2.84. The van der Waals surface area contributed by atoms with E-state index in [1.807, 2.05) is 5.32 Å². The lowest BCUT2D eigenvalue weighted by atomic mass is 9.80. The van der Waals surface area contributed by atoms with Crippen LogP contribution in [0.1, 0.15) is 12.8 Å². The zero-order valence-corrected chi connectivity index (χ0v) is 7.97. The van der Waals surface area contributed by atoms with Crippen LogP contribution >= 0.6 is 0 Å². The van der Waals surface area contributed by atoms with Gasteiger partial charge in [0.1, 0.15) is 11.7 Å². The first-order chi connectivity index (χ1) is 7.28. The largest absolute Gasteiger partial charge is 0.427 e. The predicted octanol–water partition coefficient (Wildman–Crippen LogP) is 0.273. The minimum atomic E-state index is -5.16. The van der Waals surface area contributed by atoms with Gasteiger partial charge in [-0.05, 0) is 6.42 Å². The molecule has 7 heteroatoms. The number of alkyl halides is 3. The van der Waals surface area contributed by atoms with Crippen LogP contribution in [0.25, 0.3) is 0 Å². The number of allylic oxidation sites excluding steroid dienone is 1. The first-order valence-corrected chi connectivity index (χ1v) is 4.62. The number of hydrogen-bond acceptors (Lipinski definition) is 3. The van der Waals surface area contributed by atoms with E-state index in [1.54, 1.807) is 0 Å². The van der Waals surface area contributed by atoms with E-state index < -0.39 is 29.4 Å². The van der Waals surface area contributed by atoms with E-state index in [-0.39, 0.29) is 18.5 Å². The van der Waals surface area contributed by atoms with Gasteiger partial charge in [-0.3, -0.25) is 9.59 Å². The Morgan fingerprint density at radius 3 is 2.62 bits per heavy atom. The first-order valence-electron chi connectivity index (χ1n) is 4.62. The Kier molecular flexibility index (Phi) is 2.13. The molecule has 1 heterocycles. The van der Waals surface area contributed by atoms with Crippen LogP contribution < -0.4 is 5.32 Å². The minimum absolute atomic E-state index is 0.0957. The molecule has 88 valence electrons. The van der Waals surface area contributed by atoms with Gasteiger partial charge in [0.25, 0.3) is 11.5 Å². The van der Waals surface area contributed by atoms with Gasteiger partial charge in [0, 0.05) is 12.1 Å². The van der Waals surface area contributed by atoms with Crippen molar-refractivity contribution in [3.05, 3.63) is 11.8 Å². The molecule has 0 spiro atoms. The number of carbonyl (C=O) groups excluding carboxylic acids is 2. The second-order valence-corrected chi connectivity index (χ2v) is 3.82. The lowest BCUT2D eigenvalue weighted by Crippen LogP contribution is -2.56. The number of ketones is 1. The summed E-state index contributed by atoms with van der Waals surface area (Å²) in [4.78, 5) is 22.6. The molecule has 2 atom stereocenters. The molecule has 2 aliphatic rings. The Labute approximate surface area is 88.1 Å². The highest BCUT2D eigenvalue weighted by Crippen LogP contribution is 2.45. The topological polar surface area (TPSA) is 66.4 Å². The van der Waals surface area contributed by atoms with Gasteiger partial charge in [-0.15, -0.1) is 0 Å². The van der Waals surface area contributed by atoms with Crippen molar-refractivity contribution >= 4 is 11.7 Å². The Balaban J connectivity index is 2.54. The molecular formula is C9H8F3NO3. The van der Waals surface area contributed by atoms with Gasteiger partial charge in [-0.1, -0.05) is 6.08 Å². The predicted molar refractivity (Wildman–Crippen MR) is 45.0 cm³/mol. The van der Waals surface area contributed by atoms with E-state index in [4.69, 9.17) is 0 Å².